The third-order valence-electron chi connectivity index (χ3n) is 2.76. The maximum atomic E-state index is 12.3. The Labute approximate surface area is 110 Å². The number of rotatable bonds is 4. The fraction of sp³-hybridized carbons (Fsp3) is 0.0714. The third kappa shape index (κ3) is 2.60. The van der Waals surface area contributed by atoms with E-state index in [1.54, 1.807) is 31.3 Å². The molecule has 0 aliphatic carbocycles. The Morgan fingerprint density at radius 1 is 1.16 bits per heavy atom. The molecule has 1 N–H and O–H groups in total. The lowest BCUT2D eigenvalue weighted by Gasteiger charge is -2.08. The summed E-state index contributed by atoms with van der Waals surface area (Å²) in [5.41, 5.74) is 1.36. The van der Waals surface area contributed by atoms with Gasteiger partial charge in [0.15, 0.2) is 5.78 Å². The van der Waals surface area contributed by atoms with Gasteiger partial charge < -0.3 is 5.32 Å². The molecule has 2 rings (SSSR count). The van der Waals surface area contributed by atoms with Crippen molar-refractivity contribution in [3.63, 3.8) is 0 Å². The zero-order valence-electron chi connectivity index (χ0n) is 10.3. The average molecular weight is 256 g/mol. The summed E-state index contributed by atoms with van der Waals surface area (Å²) in [5, 5.41) is 13.5. The molecule has 5 heteroatoms. The van der Waals surface area contributed by atoms with Crippen LogP contribution in [0.2, 0.25) is 0 Å². The zero-order valence-corrected chi connectivity index (χ0v) is 10.3. The van der Waals surface area contributed by atoms with Gasteiger partial charge >= 0.3 is 0 Å². The minimum absolute atomic E-state index is 0.0473. The van der Waals surface area contributed by atoms with Gasteiger partial charge in [-0.2, -0.15) is 0 Å². The lowest BCUT2D eigenvalue weighted by atomic mass is 10.0. The highest BCUT2D eigenvalue weighted by Crippen LogP contribution is 2.24. The molecule has 0 aromatic heterocycles. The highest BCUT2D eigenvalue weighted by atomic mass is 16.6. The molecule has 19 heavy (non-hydrogen) atoms. The second-order valence-corrected chi connectivity index (χ2v) is 3.93. The first kappa shape index (κ1) is 12.8. The molecule has 96 valence electrons. The number of benzene rings is 2. The molecule has 2 aromatic rings. The SMILES string of the molecule is CNc1cc([N+](=O)[O-])ccc1C(=O)c1ccccc1. The number of nitro benzene ring substituents is 1. The van der Waals surface area contributed by atoms with Crippen LogP contribution in [0.3, 0.4) is 0 Å². The van der Waals surface area contributed by atoms with Crippen molar-refractivity contribution in [3.8, 4) is 0 Å². The molecule has 0 unspecified atom stereocenters. The number of hydrogen-bond donors (Lipinski definition) is 1. The lowest BCUT2D eigenvalue weighted by Crippen LogP contribution is -2.06. The smallest absolute Gasteiger partial charge is 0.271 e. The molecular formula is C14H12N2O3. The van der Waals surface area contributed by atoms with Crippen LogP contribution in [0.5, 0.6) is 0 Å². The van der Waals surface area contributed by atoms with E-state index in [9.17, 15) is 14.9 Å². The summed E-state index contributed by atoms with van der Waals surface area (Å²) >= 11 is 0. The molecule has 0 aliphatic rings. The summed E-state index contributed by atoms with van der Waals surface area (Å²) in [7, 11) is 1.63. The molecule has 0 heterocycles. The molecule has 0 atom stereocenters. The Hall–Kier alpha value is -2.69. The van der Waals surface area contributed by atoms with E-state index in [1.165, 1.54) is 18.2 Å². The molecule has 0 fully saturated rings. The Morgan fingerprint density at radius 3 is 2.42 bits per heavy atom. The van der Waals surface area contributed by atoms with Crippen LogP contribution < -0.4 is 5.32 Å². The van der Waals surface area contributed by atoms with Crippen molar-refractivity contribution in [1.29, 1.82) is 0 Å². The number of non-ortho nitro benzene ring substituents is 1. The minimum atomic E-state index is -0.488. The van der Waals surface area contributed by atoms with Crippen LogP contribution in [0.1, 0.15) is 15.9 Å². The second kappa shape index (κ2) is 5.30. The first-order valence-electron chi connectivity index (χ1n) is 5.69. The number of nitrogens with zero attached hydrogens (tertiary/aromatic N) is 1. The summed E-state index contributed by atoms with van der Waals surface area (Å²) in [6, 6.07) is 13.0. The summed E-state index contributed by atoms with van der Waals surface area (Å²) in [4.78, 5) is 22.5. The third-order valence-corrected chi connectivity index (χ3v) is 2.76. The van der Waals surface area contributed by atoms with Crippen molar-refractivity contribution in [2.75, 3.05) is 12.4 Å². The predicted octanol–water partition coefficient (Wildman–Crippen LogP) is 2.87. The van der Waals surface area contributed by atoms with Gasteiger partial charge in [-0.3, -0.25) is 14.9 Å². The quantitative estimate of drug-likeness (QED) is 0.518. The van der Waals surface area contributed by atoms with Gasteiger partial charge in [0.05, 0.1) is 10.6 Å². The first-order chi connectivity index (χ1) is 9.13. The summed E-state index contributed by atoms with van der Waals surface area (Å²) in [6.45, 7) is 0. The monoisotopic (exact) mass is 256 g/mol. The number of nitro groups is 1. The van der Waals surface area contributed by atoms with Crippen molar-refractivity contribution in [2.24, 2.45) is 0 Å². The number of carbonyl (C=O) groups excluding carboxylic acids is 1. The molecule has 0 radical (unpaired) electrons. The van der Waals surface area contributed by atoms with Crippen molar-refractivity contribution in [3.05, 3.63) is 69.8 Å². The van der Waals surface area contributed by atoms with Crippen LogP contribution in [-0.4, -0.2) is 17.8 Å². The van der Waals surface area contributed by atoms with Gasteiger partial charge in [0.1, 0.15) is 0 Å². The number of carbonyl (C=O) groups is 1. The molecule has 0 saturated heterocycles. The second-order valence-electron chi connectivity index (χ2n) is 3.93. The van der Waals surface area contributed by atoms with E-state index >= 15 is 0 Å². The lowest BCUT2D eigenvalue weighted by molar-refractivity contribution is -0.384. The maximum Gasteiger partial charge on any atom is 0.271 e. The molecule has 0 aliphatic heterocycles. The van der Waals surface area contributed by atoms with Crippen LogP contribution in [-0.2, 0) is 0 Å². The van der Waals surface area contributed by atoms with Crippen molar-refractivity contribution in [1.82, 2.24) is 0 Å². The van der Waals surface area contributed by atoms with Crippen LogP contribution >= 0.6 is 0 Å². The number of anilines is 1. The van der Waals surface area contributed by atoms with Gasteiger partial charge in [-0.15, -0.1) is 0 Å². The summed E-state index contributed by atoms with van der Waals surface area (Å²) < 4.78 is 0. The molecule has 2 aromatic carbocycles. The molecular weight excluding hydrogens is 244 g/mol. The fourth-order valence-electron chi connectivity index (χ4n) is 1.80. The highest BCUT2D eigenvalue weighted by molar-refractivity contribution is 6.12. The van der Waals surface area contributed by atoms with E-state index in [-0.39, 0.29) is 11.5 Å². The number of nitrogens with one attached hydrogen (secondary N) is 1. The van der Waals surface area contributed by atoms with E-state index in [2.05, 4.69) is 5.32 Å². The Morgan fingerprint density at radius 2 is 1.84 bits per heavy atom. The predicted molar refractivity (Wildman–Crippen MR) is 72.5 cm³/mol. The Balaban J connectivity index is 2.45. The standard InChI is InChI=1S/C14H12N2O3/c1-15-13-9-11(16(18)19)7-8-12(13)14(17)10-5-3-2-4-6-10/h2-9,15H,1H3. The normalized spacial score (nSPS) is 9.95. The average Bonchev–Trinajstić information content (AvgIpc) is 2.46. The highest BCUT2D eigenvalue weighted by Gasteiger charge is 2.16. The summed E-state index contributed by atoms with van der Waals surface area (Å²) in [6.07, 6.45) is 0. The van der Waals surface area contributed by atoms with Gasteiger partial charge in [0, 0.05) is 30.3 Å². The van der Waals surface area contributed by atoms with E-state index in [1.807, 2.05) is 6.07 Å². The largest absolute Gasteiger partial charge is 0.387 e. The van der Waals surface area contributed by atoms with Crippen molar-refractivity contribution < 1.29 is 9.72 Å². The van der Waals surface area contributed by atoms with Crippen molar-refractivity contribution >= 4 is 17.2 Å². The molecule has 0 saturated carbocycles. The molecule has 0 bridgehead atoms. The van der Waals surface area contributed by atoms with E-state index < -0.39 is 4.92 Å². The number of hydrogen-bond acceptors (Lipinski definition) is 4. The van der Waals surface area contributed by atoms with Gasteiger partial charge in [0.2, 0.25) is 0 Å². The van der Waals surface area contributed by atoms with Gasteiger partial charge in [0.25, 0.3) is 5.69 Å². The van der Waals surface area contributed by atoms with Gasteiger partial charge in [-0.1, -0.05) is 30.3 Å². The molecule has 0 spiro atoms. The van der Waals surface area contributed by atoms with Gasteiger partial charge in [-0.25, -0.2) is 0 Å². The fourth-order valence-corrected chi connectivity index (χ4v) is 1.80. The first-order valence-corrected chi connectivity index (χ1v) is 5.69. The van der Waals surface area contributed by atoms with Crippen LogP contribution in [0, 0.1) is 10.1 Å². The zero-order chi connectivity index (χ0) is 13.8. The minimum Gasteiger partial charge on any atom is -0.387 e. The Kier molecular flexibility index (Phi) is 3.56. The maximum absolute atomic E-state index is 12.3. The molecule has 5 nitrogen and oxygen atoms in total. The number of ketones is 1. The summed E-state index contributed by atoms with van der Waals surface area (Å²) in [5.74, 6) is -0.167. The van der Waals surface area contributed by atoms with E-state index in [0.29, 0.717) is 16.8 Å². The Bertz CT molecular complexity index is 624. The van der Waals surface area contributed by atoms with Gasteiger partial charge in [-0.05, 0) is 6.07 Å². The van der Waals surface area contributed by atoms with Crippen molar-refractivity contribution in [2.45, 2.75) is 0 Å². The molecule has 0 amide bonds. The van der Waals surface area contributed by atoms with Crippen LogP contribution in [0.15, 0.2) is 48.5 Å². The van der Waals surface area contributed by atoms with E-state index in [0.717, 1.165) is 0 Å². The topological polar surface area (TPSA) is 72.2 Å². The van der Waals surface area contributed by atoms with Crippen LogP contribution in [0.25, 0.3) is 0 Å². The van der Waals surface area contributed by atoms with Crippen LogP contribution in [0.4, 0.5) is 11.4 Å². The van der Waals surface area contributed by atoms with E-state index in [4.69, 9.17) is 0 Å².